The number of aliphatic carboxylic acids is 1. The van der Waals surface area contributed by atoms with E-state index < -0.39 is 17.5 Å². The van der Waals surface area contributed by atoms with Crippen LogP contribution in [0.5, 0.6) is 0 Å². The fourth-order valence-corrected chi connectivity index (χ4v) is 3.42. The first kappa shape index (κ1) is 17.2. The van der Waals surface area contributed by atoms with E-state index in [-0.39, 0.29) is 6.54 Å². The fraction of sp³-hybridized carbons (Fsp3) is 0.588. The number of aromatic nitrogens is 1. The smallest absolute Gasteiger partial charge is 0.312 e. The van der Waals surface area contributed by atoms with Gasteiger partial charge in [-0.1, -0.05) is 13.3 Å². The van der Waals surface area contributed by atoms with Gasteiger partial charge < -0.3 is 15.1 Å². The van der Waals surface area contributed by atoms with Crippen molar-refractivity contribution in [3.8, 4) is 6.07 Å². The van der Waals surface area contributed by atoms with Crippen LogP contribution in [0.15, 0.2) is 6.07 Å². The van der Waals surface area contributed by atoms with Crippen molar-refractivity contribution in [2.75, 3.05) is 18.0 Å². The molecule has 1 aliphatic heterocycles. The number of aryl methyl sites for hydroxylation is 2. The molecule has 6 heteroatoms. The van der Waals surface area contributed by atoms with Crippen molar-refractivity contribution < 1.29 is 15.0 Å². The van der Waals surface area contributed by atoms with Crippen LogP contribution in [0.2, 0.25) is 0 Å². The minimum atomic E-state index is -1.07. The van der Waals surface area contributed by atoms with Gasteiger partial charge in [0.05, 0.1) is 22.8 Å². The van der Waals surface area contributed by atoms with E-state index in [4.69, 9.17) is 5.26 Å². The van der Waals surface area contributed by atoms with Gasteiger partial charge >= 0.3 is 5.97 Å². The second-order valence-electron chi connectivity index (χ2n) is 6.29. The maximum atomic E-state index is 11.7. The number of carbonyl (C=O) groups is 1. The van der Waals surface area contributed by atoms with Gasteiger partial charge in [-0.3, -0.25) is 4.79 Å². The number of hydrogen-bond donors (Lipinski definition) is 2. The first-order chi connectivity index (χ1) is 10.9. The summed E-state index contributed by atoms with van der Waals surface area (Å²) in [5, 5.41) is 29.2. The van der Waals surface area contributed by atoms with E-state index in [1.54, 1.807) is 6.92 Å². The molecule has 1 aromatic rings. The molecule has 2 rings (SSSR count). The summed E-state index contributed by atoms with van der Waals surface area (Å²) in [6.45, 7) is 6.34. The van der Waals surface area contributed by atoms with Crippen molar-refractivity contribution in [3.63, 3.8) is 0 Å². The Bertz CT molecular complexity index is 630. The average Bonchev–Trinajstić information content (AvgIpc) is 2.48. The zero-order chi connectivity index (χ0) is 17.2. The van der Waals surface area contributed by atoms with Crippen LogP contribution in [0.1, 0.15) is 43.0 Å². The molecule has 0 amide bonds. The number of carboxylic acids is 1. The molecular weight excluding hydrogens is 294 g/mol. The maximum absolute atomic E-state index is 11.7. The number of carboxylic acid groups (broad SMARTS) is 1. The lowest BCUT2D eigenvalue weighted by Gasteiger charge is -2.43. The van der Waals surface area contributed by atoms with Crippen LogP contribution in [0, 0.1) is 30.6 Å². The highest BCUT2D eigenvalue weighted by Gasteiger charge is 2.48. The molecular formula is C17H23N3O3. The molecule has 0 aliphatic carbocycles. The average molecular weight is 317 g/mol. The molecule has 0 spiro atoms. The van der Waals surface area contributed by atoms with E-state index in [0.717, 1.165) is 12.0 Å². The van der Waals surface area contributed by atoms with Crippen molar-refractivity contribution in [3.05, 3.63) is 22.9 Å². The lowest BCUT2D eigenvalue weighted by atomic mass is 9.73. The Balaban J connectivity index is 2.27. The van der Waals surface area contributed by atoms with Gasteiger partial charge in [-0.15, -0.1) is 0 Å². The van der Waals surface area contributed by atoms with E-state index in [9.17, 15) is 15.0 Å². The highest BCUT2D eigenvalue weighted by atomic mass is 16.4. The minimum Gasteiger partial charge on any atom is -0.481 e. The Morgan fingerprint density at radius 1 is 1.57 bits per heavy atom. The molecule has 0 saturated carbocycles. The molecule has 0 unspecified atom stereocenters. The molecule has 124 valence electrons. The van der Waals surface area contributed by atoms with E-state index >= 15 is 0 Å². The predicted octanol–water partition coefficient (Wildman–Crippen LogP) is 2.01. The van der Waals surface area contributed by atoms with Crippen LogP contribution in [-0.4, -0.2) is 40.4 Å². The quantitative estimate of drug-likeness (QED) is 0.881. The summed E-state index contributed by atoms with van der Waals surface area (Å²) in [6, 6.07) is 3.96. The molecule has 1 fully saturated rings. The highest BCUT2D eigenvalue weighted by molar-refractivity contribution is 5.76. The second-order valence-corrected chi connectivity index (χ2v) is 6.29. The van der Waals surface area contributed by atoms with Gasteiger partial charge in [-0.05, 0) is 38.3 Å². The van der Waals surface area contributed by atoms with Crippen molar-refractivity contribution in [1.82, 2.24) is 4.98 Å². The van der Waals surface area contributed by atoms with Crippen LogP contribution in [0.25, 0.3) is 0 Å². The minimum absolute atomic E-state index is 0.240. The number of nitriles is 1. The lowest BCUT2D eigenvalue weighted by molar-refractivity contribution is -0.159. The molecule has 0 aromatic carbocycles. The zero-order valence-electron chi connectivity index (χ0n) is 13.8. The number of piperidine rings is 1. The first-order valence-corrected chi connectivity index (χ1v) is 7.90. The van der Waals surface area contributed by atoms with Crippen molar-refractivity contribution in [2.45, 2.75) is 46.1 Å². The molecule has 1 aliphatic rings. The van der Waals surface area contributed by atoms with Gasteiger partial charge in [0, 0.05) is 13.1 Å². The number of aliphatic hydroxyl groups is 1. The summed E-state index contributed by atoms with van der Waals surface area (Å²) >= 11 is 0. The molecule has 0 radical (unpaired) electrons. The number of aliphatic hydroxyl groups excluding tert-OH is 1. The molecule has 2 atom stereocenters. The highest BCUT2D eigenvalue weighted by Crippen LogP contribution is 2.38. The maximum Gasteiger partial charge on any atom is 0.312 e. The SMILES string of the molecule is CCC[C@]1(C(=O)O)CCN(c2cc(C)c(C#N)c(C)n2)C[C@@H]1O. The standard InChI is InChI=1S/C17H23N3O3/c1-4-5-17(16(22)23)6-7-20(10-14(17)21)15-8-11(2)13(9-18)12(3)19-15/h8,14,21H,4-7,10H2,1-3H3,(H,22,23)/t14-,17-/m0/s1. The van der Waals surface area contributed by atoms with Gasteiger partial charge in [-0.2, -0.15) is 5.26 Å². The number of pyridine rings is 1. The number of hydrogen-bond acceptors (Lipinski definition) is 5. The molecule has 23 heavy (non-hydrogen) atoms. The van der Waals surface area contributed by atoms with Gasteiger partial charge in [0.25, 0.3) is 0 Å². The molecule has 2 N–H and O–H groups in total. The van der Waals surface area contributed by atoms with Crippen LogP contribution in [-0.2, 0) is 4.79 Å². The van der Waals surface area contributed by atoms with Crippen molar-refractivity contribution >= 4 is 11.8 Å². The van der Waals surface area contributed by atoms with Crippen LogP contribution >= 0.6 is 0 Å². The van der Waals surface area contributed by atoms with E-state index in [2.05, 4.69) is 11.1 Å². The predicted molar refractivity (Wildman–Crippen MR) is 86.2 cm³/mol. The Morgan fingerprint density at radius 2 is 2.26 bits per heavy atom. The van der Waals surface area contributed by atoms with Crippen molar-refractivity contribution in [2.24, 2.45) is 5.41 Å². The Labute approximate surface area is 136 Å². The molecule has 2 heterocycles. The fourth-order valence-electron chi connectivity index (χ4n) is 3.42. The third-order valence-electron chi connectivity index (χ3n) is 4.80. The van der Waals surface area contributed by atoms with E-state index in [1.165, 1.54) is 0 Å². The van der Waals surface area contributed by atoms with Gasteiger partial charge in [0.2, 0.25) is 0 Å². The van der Waals surface area contributed by atoms with Crippen LogP contribution in [0.3, 0.4) is 0 Å². The molecule has 1 saturated heterocycles. The zero-order valence-corrected chi connectivity index (χ0v) is 13.8. The summed E-state index contributed by atoms with van der Waals surface area (Å²) in [5.41, 5.74) is 0.994. The second kappa shape index (κ2) is 6.55. The normalized spacial score (nSPS) is 24.3. The van der Waals surface area contributed by atoms with E-state index in [1.807, 2.05) is 24.8 Å². The number of nitrogens with zero attached hydrogens (tertiary/aromatic N) is 3. The topological polar surface area (TPSA) is 97.5 Å². The Morgan fingerprint density at radius 3 is 2.74 bits per heavy atom. The van der Waals surface area contributed by atoms with E-state index in [0.29, 0.717) is 36.5 Å². The number of β-amino-alcohol motifs (C(OH)–C–C–N with tert-alkyl or cyclic N) is 1. The largest absolute Gasteiger partial charge is 0.481 e. The first-order valence-electron chi connectivity index (χ1n) is 7.90. The summed E-state index contributed by atoms with van der Waals surface area (Å²) in [5.74, 6) is -0.236. The number of rotatable bonds is 4. The Hall–Kier alpha value is -2.13. The summed E-state index contributed by atoms with van der Waals surface area (Å²) < 4.78 is 0. The van der Waals surface area contributed by atoms with Gasteiger partial charge in [-0.25, -0.2) is 4.98 Å². The summed E-state index contributed by atoms with van der Waals surface area (Å²) in [4.78, 5) is 18.0. The van der Waals surface area contributed by atoms with Crippen LogP contribution < -0.4 is 4.90 Å². The Kier molecular flexibility index (Phi) is 4.90. The molecule has 0 bridgehead atoms. The number of anilines is 1. The lowest BCUT2D eigenvalue weighted by Crippen LogP contribution is -2.55. The summed E-state index contributed by atoms with van der Waals surface area (Å²) in [6.07, 6.45) is 0.635. The molecule has 6 nitrogen and oxygen atoms in total. The van der Waals surface area contributed by atoms with Crippen molar-refractivity contribution in [1.29, 1.82) is 5.26 Å². The van der Waals surface area contributed by atoms with Crippen LogP contribution in [0.4, 0.5) is 5.82 Å². The monoisotopic (exact) mass is 317 g/mol. The van der Waals surface area contributed by atoms with Gasteiger partial charge in [0.15, 0.2) is 0 Å². The third-order valence-corrected chi connectivity index (χ3v) is 4.80. The van der Waals surface area contributed by atoms with Gasteiger partial charge in [0.1, 0.15) is 11.9 Å². The summed E-state index contributed by atoms with van der Waals surface area (Å²) in [7, 11) is 0. The third kappa shape index (κ3) is 3.02. The molecule has 1 aromatic heterocycles.